The van der Waals surface area contributed by atoms with Gasteiger partial charge < -0.3 is 14.8 Å². The van der Waals surface area contributed by atoms with Crippen molar-refractivity contribution in [3.8, 4) is 5.69 Å². The third-order valence-corrected chi connectivity index (χ3v) is 6.21. The fraction of sp³-hybridized carbons (Fsp3) is 0.292. The molecule has 3 heterocycles. The Morgan fingerprint density at radius 3 is 2.48 bits per heavy atom. The molecule has 1 N–H and O–H groups in total. The predicted molar refractivity (Wildman–Crippen MR) is 112 cm³/mol. The number of fused-ring (bicyclic) bond motifs is 4. The number of amides is 1. The van der Waals surface area contributed by atoms with Crippen molar-refractivity contribution in [3.63, 3.8) is 0 Å². The number of anilines is 1. The highest BCUT2D eigenvalue weighted by Gasteiger charge is 2.42. The molecule has 5 heteroatoms. The van der Waals surface area contributed by atoms with Crippen LogP contribution in [-0.4, -0.2) is 28.5 Å². The Bertz CT molecular complexity index is 1090. The van der Waals surface area contributed by atoms with Gasteiger partial charge in [-0.25, -0.2) is 4.39 Å². The molecule has 1 saturated heterocycles. The Balaban J connectivity index is 1.42. The number of aryl methyl sites for hydroxylation is 2. The molecule has 0 unspecified atom stereocenters. The molecule has 0 aliphatic carbocycles. The zero-order chi connectivity index (χ0) is 20.2. The van der Waals surface area contributed by atoms with Crippen LogP contribution in [0.2, 0.25) is 0 Å². The first kappa shape index (κ1) is 18.0. The van der Waals surface area contributed by atoms with Crippen molar-refractivity contribution in [2.45, 2.75) is 32.2 Å². The fourth-order valence-corrected chi connectivity index (χ4v) is 4.87. The van der Waals surface area contributed by atoms with Gasteiger partial charge in [-0.15, -0.1) is 0 Å². The summed E-state index contributed by atoms with van der Waals surface area (Å²) in [6.45, 7) is 5.41. The van der Waals surface area contributed by atoms with Gasteiger partial charge in [0, 0.05) is 30.5 Å². The lowest BCUT2D eigenvalue weighted by atomic mass is 9.82. The van der Waals surface area contributed by atoms with E-state index < -0.39 is 0 Å². The van der Waals surface area contributed by atoms with E-state index in [0.717, 1.165) is 46.6 Å². The monoisotopic (exact) mass is 389 g/mol. The summed E-state index contributed by atoms with van der Waals surface area (Å²) in [5, 5.41) is 3.67. The number of halogens is 1. The Kier molecular flexibility index (Phi) is 4.02. The van der Waals surface area contributed by atoms with Gasteiger partial charge in [0.05, 0.1) is 16.9 Å². The molecule has 2 aromatic carbocycles. The Labute approximate surface area is 170 Å². The molecule has 0 saturated carbocycles. The van der Waals surface area contributed by atoms with Crippen molar-refractivity contribution in [1.82, 2.24) is 9.47 Å². The first-order chi connectivity index (χ1) is 13.9. The molecule has 1 spiro atoms. The van der Waals surface area contributed by atoms with E-state index in [1.54, 1.807) is 6.07 Å². The van der Waals surface area contributed by atoms with E-state index in [4.69, 9.17) is 0 Å². The highest BCUT2D eigenvalue weighted by Crippen LogP contribution is 2.43. The zero-order valence-electron chi connectivity index (χ0n) is 16.7. The van der Waals surface area contributed by atoms with Crippen LogP contribution >= 0.6 is 0 Å². The molecule has 1 aromatic heterocycles. The molecule has 1 fully saturated rings. The first-order valence-corrected chi connectivity index (χ1v) is 10.1. The summed E-state index contributed by atoms with van der Waals surface area (Å²) in [7, 11) is 0. The van der Waals surface area contributed by atoms with Gasteiger partial charge in [-0.1, -0.05) is 17.2 Å². The number of rotatable bonds is 1. The molecular formula is C24H24FN3O. The maximum Gasteiger partial charge on any atom is 0.253 e. The van der Waals surface area contributed by atoms with Crippen LogP contribution in [0.5, 0.6) is 0 Å². The molecule has 2 aliphatic rings. The molecule has 4 nitrogen and oxygen atoms in total. The second-order valence-corrected chi connectivity index (χ2v) is 8.30. The molecular weight excluding hydrogens is 365 g/mol. The quantitative estimate of drug-likeness (QED) is 0.650. The smallest absolute Gasteiger partial charge is 0.253 e. The van der Waals surface area contributed by atoms with E-state index in [-0.39, 0.29) is 17.3 Å². The van der Waals surface area contributed by atoms with Gasteiger partial charge in [0.25, 0.3) is 5.91 Å². The zero-order valence-corrected chi connectivity index (χ0v) is 16.7. The van der Waals surface area contributed by atoms with E-state index in [1.807, 2.05) is 49.2 Å². The van der Waals surface area contributed by atoms with Crippen LogP contribution in [0, 0.1) is 19.7 Å². The molecule has 1 amide bonds. The molecule has 5 rings (SSSR count). The van der Waals surface area contributed by atoms with Crippen molar-refractivity contribution in [2.24, 2.45) is 0 Å². The van der Waals surface area contributed by atoms with Crippen molar-refractivity contribution < 1.29 is 9.18 Å². The standard InChI is InChI=1S/C24H24FN3O/c1-16-12-17(2)14-18(13-16)23(29)27-10-7-24(8-11-27)22-4-3-9-28(22)21-15-19(25)5-6-20(21)26-24/h3-6,9,12-15,26H,7-8,10-11H2,1-2H3. The summed E-state index contributed by atoms with van der Waals surface area (Å²) in [5.41, 5.74) is 5.64. The largest absolute Gasteiger partial charge is 0.372 e. The average molecular weight is 389 g/mol. The van der Waals surface area contributed by atoms with Gasteiger partial charge in [0.2, 0.25) is 0 Å². The summed E-state index contributed by atoms with van der Waals surface area (Å²) in [5.74, 6) is -0.143. The van der Waals surface area contributed by atoms with E-state index in [2.05, 4.69) is 22.0 Å². The Hall–Kier alpha value is -3.08. The number of carbonyl (C=O) groups excluding carboxylic acids is 1. The second kappa shape index (κ2) is 6.48. The maximum absolute atomic E-state index is 13.8. The van der Waals surface area contributed by atoms with Gasteiger partial charge in [-0.05, 0) is 69.2 Å². The van der Waals surface area contributed by atoms with Crippen LogP contribution in [0.4, 0.5) is 10.1 Å². The van der Waals surface area contributed by atoms with Crippen LogP contribution in [0.1, 0.15) is 40.0 Å². The Morgan fingerprint density at radius 1 is 1.03 bits per heavy atom. The minimum Gasteiger partial charge on any atom is -0.372 e. The number of carbonyl (C=O) groups is 1. The minimum atomic E-state index is -0.242. The third-order valence-electron chi connectivity index (χ3n) is 6.21. The number of hydrogen-bond acceptors (Lipinski definition) is 2. The molecule has 0 atom stereocenters. The average Bonchev–Trinajstić information content (AvgIpc) is 3.19. The lowest BCUT2D eigenvalue weighted by Crippen LogP contribution is -2.51. The van der Waals surface area contributed by atoms with Crippen molar-refractivity contribution in [3.05, 3.63) is 82.9 Å². The highest BCUT2D eigenvalue weighted by atomic mass is 19.1. The van der Waals surface area contributed by atoms with Gasteiger partial charge in [-0.3, -0.25) is 4.79 Å². The lowest BCUT2D eigenvalue weighted by Gasteiger charge is -2.46. The SMILES string of the molecule is Cc1cc(C)cc(C(=O)N2CCC3(CC2)Nc2ccc(F)cc2-n2cccc23)c1. The van der Waals surface area contributed by atoms with Gasteiger partial charge >= 0.3 is 0 Å². The van der Waals surface area contributed by atoms with Gasteiger partial charge in [0.15, 0.2) is 0 Å². The fourth-order valence-electron chi connectivity index (χ4n) is 4.87. The predicted octanol–water partition coefficient (Wildman–Crippen LogP) is 4.79. The topological polar surface area (TPSA) is 37.3 Å². The normalized spacial score (nSPS) is 16.9. The molecule has 0 radical (unpaired) electrons. The molecule has 0 bridgehead atoms. The first-order valence-electron chi connectivity index (χ1n) is 10.1. The molecule has 148 valence electrons. The van der Waals surface area contributed by atoms with E-state index >= 15 is 0 Å². The van der Waals surface area contributed by atoms with Crippen molar-refractivity contribution in [1.29, 1.82) is 0 Å². The van der Waals surface area contributed by atoms with E-state index in [0.29, 0.717) is 13.1 Å². The van der Waals surface area contributed by atoms with Crippen molar-refractivity contribution in [2.75, 3.05) is 18.4 Å². The maximum atomic E-state index is 13.8. The van der Waals surface area contributed by atoms with Gasteiger partial charge in [-0.2, -0.15) is 0 Å². The van der Waals surface area contributed by atoms with Crippen LogP contribution in [0.15, 0.2) is 54.7 Å². The molecule has 29 heavy (non-hydrogen) atoms. The van der Waals surface area contributed by atoms with Crippen LogP contribution < -0.4 is 5.32 Å². The highest BCUT2D eigenvalue weighted by molar-refractivity contribution is 5.94. The molecule has 3 aromatic rings. The number of aromatic nitrogens is 1. The van der Waals surface area contributed by atoms with Crippen molar-refractivity contribution >= 4 is 11.6 Å². The summed E-state index contributed by atoms with van der Waals surface area (Å²) in [4.78, 5) is 15.0. The van der Waals surface area contributed by atoms with E-state index in [9.17, 15) is 9.18 Å². The van der Waals surface area contributed by atoms with Crippen LogP contribution in [0.25, 0.3) is 5.69 Å². The summed E-state index contributed by atoms with van der Waals surface area (Å²) in [6, 6.07) is 15.0. The number of piperidine rings is 1. The molecule has 2 aliphatic heterocycles. The summed E-state index contributed by atoms with van der Waals surface area (Å²) in [6.07, 6.45) is 3.61. The Morgan fingerprint density at radius 2 is 1.76 bits per heavy atom. The second-order valence-electron chi connectivity index (χ2n) is 8.30. The minimum absolute atomic E-state index is 0.0975. The number of likely N-dealkylation sites (tertiary alicyclic amines) is 1. The number of benzene rings is 2. The van der Waals surface area contributed by atoms with Gasteiger partial charge in [0.1, 0.15) is 5.82 Å². The van der Waals surface area contributed by atoms with E-state index in [1.165, 1.54) is 6.07 Å². The van der Waals surface area contributed by atoms with Crippen LogP contribution in [0.3, 0.4) is 0 Å². The summed E-state index contributed by atoms with van der Waals surface area (Å²) >= 11 is 0. The number of nitrogens with zero attached hydrogens (tertiary/aromatic N) is 2. The lowest BCUT2D eigenvalue weighted by molar-refractivity contribution is 0.0676. The summed E-state index contributed by atoms with van der Waals surface area (Å²) < 4.78 is 15.9. The van der Waals surface area contributed by atoms with Crippen LogP contribution in [-0.2, 0) is 5.54 Å². The number of hydrogen-bond donors (Lipinski definition) is 1. The third kappa shape index (κ3) is 2.92. The number of nitrogens with one attached hydrogen (secondary N) is 1.